The van der Waals surface area contributed by atoms with Crippen LogP contribution in [0.3, 0.4) is 0 Å². The molecule has 0 bridgehead atoms. The van der Waals surface area contributed by atoms with Crippen LogP contribution < -0.4 is 0 Å². The molecule has 1 N–H and O–H groups in total. The Labute approximate surface area is 109 Å². The fourth-order valence-electron chi connectivity index (χ4n) is 1.30. The highest BCUT2D eigenvalue weighted by Crippen LogP contribution is 2.30. The molecule has 0 amide bonds. The third kappa shape index (κ3) is 4.20. The van der Waals surface area contributed by atoms with Crippen LogP contribution in [-0.4, -0.2) is 14.9 Å². The average Bonchev–Trinajstić information content (AvgIpc) is 2.15. The first-order valence-electron chi connectivity index (χ1n) is 4.68. The molecule has 1 aromatic carbocycles. The van der Waals surface area contributed by atoms with E-state index in [1.54, 1.807) is 31.2 Å². The van der Waals surface area contributed by atoms with E-state index in [1.807, 2.05) is 0 Å². The summed E-state index contributed by atoms with van der Waals surface area (Å²) in [5.41, 5.74) is 1.60. The molecule has 2 nitrogen and oxygen atoms in total. The Morgan fingerprint density at radius 2 is 1.81 bits per heavy atom. The zero-order chi connectivity index (χ0) is 12.3. The van der Waals surface area contributed by atoms with Gasteiger partial charge in [-0.25, -0.2) is 0 Å². The molecule has 0 fully saturated rings. The SMILES string of the molecule is CC(C(=O)O)c1ccc(CC(Cl)(Cl)Cl)cc1. The molecule has 0 saturated heterocycles. The van der Waals surface area contributed by atoms with Crippen LogP contribution in [0.2, 0.25) is 0 Å². The van der Waals surface area contributed by atoms with Crippen molar-refractivity contribution in [3.8, 4) is 0 Å². The van der Waals surface area contributed by atoms with Gasteiger partial charge in [0.25, 0.3) is 0 Å². The molecule has 0 radical (unpaired) electrons. The van der Waals surface area contributed by atoms with Crippen molar-refractivity contribution in [2.45, 2.75) is 23.1 Å². The molecule has 0 saturated carbocycles. The summed E-state index contributed by atoms with van der Waals surface area (Å²) in [6.07, 6.45) is 0.305. The number of alkyl halides is 3. The van der Waals surface area contributed by atoms with Gasteiger partial charge in [-0.2, -0.15) is 0 Å². The van der Waals surface area contributed by atoms with E-state index in [-0.39, 0.29) is 0 Å². The van der Waals surface area contributed by atoms with Crippen molar-refractivity contribution in [3.63, 3.8) is 0 Å². The summed E-state index contributed by atoms with van der Waals surface area (Å²) in [5, 5.41) is 8.83. The maximum absolute atomic E-state index is 10.8. The first-order chi connectivity index (χ1) is 7.29. The highest BCUT2D eigenvalue weighted by Gasteiger charge is 2.20. The highest BCUT2D eigenvalue weighted by atomic mass is 35.6. The Bertz CT molecular complexity index is 368. The predicted molar refractivity (Wildman–Crippen MR) is 66.5 cm³/mol. The van der Waals surface area contributed by atoms with Crippen molar-refractivity contribution in [2.24, 2.45) is 0 Å². The van der Waals surface area contributed by atoms with Gasteiger partial charge < -0.3 is 5.11 Å². The first-order valence-corrected chi connectivity index (χ1v) is 5.81. The minimum absolute atomic E-state index is 0.305. The molecule has 1 rings (SSSR count). The summed E-state index contributed by atoms with van der Waals surface area (Å²) in [6, 6.07) is 7.03. The van der Waals surface area contributed by atoms with E-state index >= 15 is 0 Å². The van der Waals surface area contributed by atoms with Crippen molar-refractivity contribution in [2.75, 3.05) is 0 Å². The number of rotatable bonds is 3. The van der Waals surface area contributed by atoms with Gasteiger partial charge in [-0.15, -0.1) is 0 Å². The van der Waals surface area contributed by atoms with Crippen LogP contribution >= 0.6 is 34.8 Å². The second-order valence-corrected chi connectivity index (χ2v) is 6.11. The van der Waals surface area contributed by atoms with Crippen LogP contribution in [-0.2, 0) is 11.2 Å². The largest absolute Gasteiger partial charge is 0.481 e. The molecule has 5 heteroatoms. The van der Waals surface area contributed by atoms with E-state index in [9.17, 15) is 4.79 Å². The summed E-state index contributed by atoms with van der Waals surface area (Å²) in [5.74, 6) is -1.38. The maximum Gasteiger partial charge on any atom is 0.310 e. The highest BCUT2D eigenvalue weighted by molar-refractivity contribution is 6.67. The number of carboxylic acids is 1. The molecule has 0 aliphatic heterocycles. The number of carbonyl (C=O) groups is 1. The summed E-state index contributed by atoms with van der Waals surface area (Å²) < 4.78 is -1.32. The molecule has 0 aliphatic carbocycles. The van der Waals surface area contributed by atoms with Crippen molar-refractivity contribution < 1.29 is 9.90 Å². The number of aliphatic carboxylic acids is 1. The van der Waals surface area contributed by atoms with Gasteiger partial charge in [0, 0.05) is 6.42 Å². The second kappa shape index (κ2) is 5.26. The fourth-order valence-corrected chi connectivity index (χ4v) is 1.76. The van der Waals surface area contributed by atoms with E-state index in [0.29, 0.717) is 6.42 Å². The van der Waals surface area contributed by atoms with Crippen LogP contribution in [0.15, 0.2) is 24.3 Å². The van der Waals surface area contributed by atoms with E-state index in [4.69, 9.17) is 39.9 Å². The van der Waals surface area contributed by atoms with Crippen LogP contribution in [0.25, 0.3) is 0 Å². The lowest BCUT2D eigenvalue weighted by atomic mass is 9.99. The van der Waals surface area contributed by atoms with E-state index in [0.717, 1.165) is 11.1 Å². The maximum atomic E-state index is 10.8. The van der Waals surface area contributed by atoms with Gasteiger partial charge in [-0.1, -0.05) is 59.1 Å². The Morgan fingerprint density at radius 3 is 2.19 bits per heavy atom. The van der Waals surface area contributed by atoms with E-state index in [2.05, 4.69) is 0 Å². The van der Waals surface area contributed by atoms with Crippen molar-refractivity contribution in [1.82, 2.24) is 0 Å². The normalized spacial score (nSPS) is 13.5. The lowest BCUT2D eigenvalue weighted by Crippen LogP contribution is -2.09. The van der Waals surface area contributed by atoms with Crippen molar-refractivity contribution in [1.29, 1.82) is 0 Å². The quantitative estimate of drug-likeness (QED) is 0.856. The van der Waals surface area contributed by atoms with Gasteiger partial charge in [0.15, 0.2) is 3.79 Å². The Morgan fingerprint density at radius 1 is 1.31 bits per heavy atom. The number of hydrogen-bond donors (Lipinski definition) is 1. The number of benzene rings is 1. The third-order valence-corrected chi connectivity index (χ3v) is 2.66. The van der Waals surface area contributed by atoms with Crippen LogP contribution in [0.1, 0.15) is 24.0 Å². The molecule has 0 aromatic heterocycles. The summed E-state index contributed by atoms with van der Waals surface area (Å²) in [6.45, 7) is 1.63. The van der Waals surface area contributed by atoms with Gasteiger partial charge in [0.2, 0.25) is 0 Å². The molecule has 0 heterocycles. The third-order valence-electron chi connectivity index (χ3n) is 2.25. The van der Waals surface area contributed by atoms with Gasteiger partial charge in [-0.3, -0.25) is 4.79 Å². The van der Waals surface area contributed by atoms with Crippen molar-refractivity contribution in [3.05, 3.63) is 35.4 Å². The minimum atomic E-state index is -1.32. The monoisotopic (exact) mass is 280 g/mol. The summed E-state index contributed by atoms with van der Waals surface area (Å²) in [7, 11) is 0. The lowest BCUT2D eigenvalue weighted by Gasteiger charge is -2.12. The zero-order valence-electron chi connectivity index (χ0n) is 8.58. The van der Waals surface area contributed by atoms with Crippen LogP contribution in [0.5, 0.6) is 0 Å². The van der Waals surface area contributed by atoms with Gasteiger partial charge in [0.1, 0.15) is 0 Å². The van der Waals surface area contributed by atoms with E-state index < -0.39 is 15.7 Å². The molecule has 16 heavy (non-hydrogen) atoms. The van der Waals surface area contributed by atoms with Gasteiger partial charge in [-0.05, 0) is 18.1 Å². The molecule has 1 atom stereocenters. The lowest BCUT2D eigenvalue weighted by molar-refractivity contribution is -0.138. The Kier molecular flexibility index (Phi) is 4.48. The number of hydrogen-bond acceptors (Lipinski definition) is 1. The predicted octanol–water partition coefficient (Wildman–Crippen LogP) is 3.79. The Hall–Kier alpha value is -0.440. The molecule has 88 valence electrons. The fraction of sp³-hybridized carbons (Fsp3) is 0.364. The smallest absolute Gasteiger partial charge is 0.310 e. The summed E-state index contributed by atoms with van der Waals surface area (Å²) >= 11 is 17.0. The number of carboxylic acid groups (broad SMARTS) is 1. The molecule has 0 aliphatic rings. The topological polar surface area (TPSA) is 37.3 Å². The molecule has 0 spiro atoms. The molecule has 1 unspecified atom stereocenters. The average molecular weight is 282 g/mol. The van der Waals surface area contributed by atoms with Gasteiger partial charge >= 0.3 is 5.97 Å². The second-order valence-electron chi connectivity index (χ2n) is 3.59. The number of halogens is 3. The van der Waals surface area contributed by atoms with Gasteiger partial charge in [0.05, 0.1) is 5.92 Å². The molecular formula is C11H11Cl3O2. The van der Waals surface area contributed by atoms with E-state index in [1.165, 1.54) is 0 Å². The minimum Gasteiger partial charge on any atom is -0.481 e. The first kappa shape index (κ1) is 13.6. The van der Waals surface area contributed by atoms with Crippen molar-refractivity contribution >= 4 is 40.8 Å². The standard InChI is InChI=1S/C11H11Cl3O2/c1-7(10(15)16)9-4-2-8(3-5-9)6-11(12,13)14/h2-5,7H,6H2,1H3,(H,15,16). The summed E-state index contributed by atoms with van der Waals surface area (Å²) in [4.78, 5) is 10.8. The van der Waals surface area contributed by atoms with Crippen LogP contribution in [0.4, 0.5) is 0 Å². The Balaban J connectivity index is 2.79. The van der Waals surface area contributed by atoms with Crippen LogP contribution in [0, 0.1) is 0 Å². The zero-order valence-corrected chi connectivity index (χ0v) is 10.9. The molecule has 1 aromatic rings. The molecular weight excluding hydrogens is 270 g/mol.